The smallest absolute Gasteiger partial charge is 0.273 e. The van der Waals surface area contributed by atoms with Gasteiger partial charge >= 0.3 is 0 Å². The molecule has 1 aromatic rings. The van der Waals surface area contributed by atoms with Crippen LogP contribution >= 0.6 is 0 Å². The van der Waals surface area contributed by atoms with E-state index in [4.69, 9.17) is 5.73 Å². The Morgan fingerprint density at radius 2 is 2.39 bits per heavy atom. The lowest BCUT2D eigenvalue weighted by atomic mass is 9.91. The fourth-order valence-corrected chi connectivity index (χ4v) is 1.93. The first-order valence-electron chi connectivity index (χ1n) is 6.15. The van der Waals surface area contributed by atoms with Crippen molar-refractivity contribution in [2.75, 3.05) is 13.6 Å². The summed E-state index contributed by atoms with van der Waals surface area (Å²) in [7, 11) is 1.83. The second-order valence-electron chi connectivity index (χ2n) is 4.41. The van der Waals surface area contributed by atoms with Crippen LogP contribution in [0.2, 0.25) is 0 Å². The number of pyridine rings is 1. The summed E-state index contributed by atoms with van der Waals surface area (Å²) in [6.07, 6.45) is 4.98. The summed E-state index contributed by atoms with van der Waals surface area (Å²) in [6, 6.07) is 3.94. The predicted octanol–water partition coefficient (Wildman–Crippen LogP) is 1.02. The average Bonchev–Trinajstić information content (AvgIpc) is 2.33. The van der Waals surface area contributed by atoms with Crippen molar-refractivity contribution in [3.63, 3.8) is 0 Å². The van der Waals surface area contributed by atoms with E-state index in [1.807, 2.05) is 7.05 Å². The van der Waals surface area contributed by atoms with Crippen LogP contribution in [0.15, 0.2) is 18.3 Å². The molecule has 0 unspecified atom stereocenters. The lowest BCUT2D eigenvalue weighted by Gasteiger charge is -2.34. The number of nitrogens with zero attached hydrogens (tertiary/aromatic N) is 2. The summed E-state index contributed by atoms with van der Waals surface area (Å²) in [5.41, 5.74) is 6.43. The van der Waals surface area contributed by atoms with E-state index in [2.05, 4.69) is 16.8 Å². The molecule has 1 fully saturated rings. The van der Waals surface area contributed by atoms with E-state index < -0.39 is 0 Å². The van der Waals surface area contributed by atoms with Crippen LogP contribution in [-0.2, 0) is 0 Å². The second-order valence-corrected chi connectivity index (χ2v) is 4.41. The third-order valence-corrected chi connectivity index (χ3v) is 3.28. The number of amides is 1. The van der Waals surface area contributed by atoms with Crippen molar-refractivity contribution in [1.82, 2.24) is 9.88 Å². The van der Waals surface area contributed by atoms with Gasteiger partial charge in [-0.25, -0.2) is 4.98 Å². The zero-order valence-corrected chi connectivity index (χ0v) is 10.5. The molecule has 1 heterocycles. The van der Waals surface area contributed by atoms with Gasteiger partial charge in [-0.15, -0.1) is 0 Å². The van der Waals surface area contributed by atoms with Gasteiger partial charge in [0, 0.05) is 19.3 Å². The van der Waals surface area contributed by atoms with Crippen molar-refractivity contribution in [3.8, 4) is 11.8 Å². The third-order valence-electron chi connectivity index (χ3n) is 3.28. The molecule has 1 saturated carbocycles. The Morgan fingerprint density at radius 3 is 3.00 bits per heavy atom. The number of rotatable bonds is 2. The SMILES string of the molecule is CN(C(=O)c1ncccc1C#CCN)C1CCC1. The van der Waals surface area contributed by atoms with Gasteiger partial charge in [0.25, 0.3) is 5.91 Å². The molecular formula is C14H17N3O. The van der Waals surface area contributed by atoms with Crippen LogP contribution in [0, 0.1) is 11.8 Å². The Morgan fingerprint density at radius 1 is 1.61 bits per heavy atom. The molecule has 0 saturated heterocycles. The standard InChI is InChI=1S/C14H17N3O/c1-17(12-7-2-8-12)14(18)13-11(5-3-9-15)6-4-10-16-13/h4,6,10,12H,2,7-9,15H2,1H3. The Kier molecular flexibility index (Phi) is 3.96. The highest BCUT2D eigenvalue weighted by atomic mass is 16.2. The van der Waals surface area contributed by atoms with E-state index in [1.165, 1.54) is 6.42 Å². The van der Waals surface area contributed by atoms with E-state index >= 15 is 0 Å². The molecule has 0 spiro atoms. The maximum Gasteiger partial charge on any atom is 0.273 e. The Labute approximate surface area is 107 Å². The van der Waals surface area contributed by atoms with Gasteiger partial charge in [-0.2, -0.15) is 0 Å². The minimum absolute atomic E-state index is 0.0541. The zero-order chi connectivity index (χ0) is 13.0. The quantitative estimate of drug-likeness (QED) is 0.789. The minimum atomic E-state index is -0.0541. The van der Waals surface area contributed by atoms with E-state index in [-0.39, 0.29) is 12.5 Å². The Bertz CT molecular complexity index is 497. The lowest BCUT2D eigenvalue weighted by molar-refractivity contribution is 0.0646. The largest absolute Gasteiger partial charge is 0.337 e. The number of aromatic nitrogens is 1. The van der Waals surface area contributed by atoms with E-state index in [0.29, 0.717) is 17.3 Å². The van der Waals surface area contributed by atoms with Crippen LogP contribution in [0.5, 0.6) is 0 Å². The number of hydrogen-bond acceptors (Lipinski definition) is 3. The monoisotopic (exact) mass is 243 g/mol. The van der Waals surface area contributed by atoms with Gasteiger partial charge in [0.2, 0.25) is 0 Å². The Hall–Kier alpha value is -1.86. The maximum atomic E-state index is 12.3. The van der Waals surface area contributed by atoms with Crippen molar-refractivity contribution in [1.29, 1.82) is 0 Å². The third kappa shape index (κ3) is 2.52. The van der Waals surface area contributed by atoms with Gasteiger partial charge in [0.05, 0.1) is 12.1 Å². The number of hydrogen-bond donors (Lipinski definition) is 1. The van der Waals surface area contributed by atoms with Crippen LogP contribution in [0.3, 0.4) is 0 Å². The molecule has 0 radical (unpaired) electrons. The number of nitrogens with two attached hydrogens (primary N) is 1. The average molecular weight is 243 g/mol. The highest BCUT2D eigenvalue weighted by Gasteiger charge is 2.27. The second kappa shape index (κ2) is 5.65. The molecular weight excluding hydrogens is 226 g/mol. The van der Waals surface area contributed by atoms with E-state index in [0.717, 1.165) is 12.8 Å². The molecule has 4 nitrogen and oxygen atoms in total. The Balaban J connectivity index is 2.23. The molecule has 0 bridgehead atoms. The first-order valence-corrected chi connectivity index (χ1v) is 6.15. The van der Waals surface area contributed by atoms with Crippen LogP contribution in [0.4, 0.5) is 0 Å². The molecule has 94 valence electrons. The minimum Gasteiger partial charge on any atom is -0.337 e. The predicted molar refractivity (Wildman–Crippen MR) is 69.9 cm³/mol. The summed E-state index contributed by atoms with van der Waals surface area (Å²) < 4.78 is 0. The molecule has 1 aliphatic carbocycles. The van der Waals surface area contributed by atoms with Gasteiger partial charge in [-0.05, 0) is 31.4 Å². The zero-order valence-electron chi connectivity index (χ0n) is 10.5. The van der Waals surface area contributed by atoms with Crippen molar-refractivity contribution in [3.05, 3.63) is 29.6 Å². The summed E-state index contributed by atoms with van der Waals surface area (Å²) >= 11 is 0. The fourth-order valence-electron chi connectivity index (χ4n) is 1.93. The van der Waals surface area contributed by atoms with Gasteiger partial charge < -0.3 is 10.6 Å². The topological polar surface area (TPSA) is 59.2 Å². The highest BCUT2D eigenvalue weighted by Crippen LogP contribution is 2.24. The molecule has 1 aromatic heterocycles. The first-order chi connectivity index (χ1) is 8.74. The summed E-state index contributed by atoms with van der Waals surface area (Å²) in [5.74, 6) is 5.61. The van der Waals surface area contributed by atoms with E-state index in [1.54, 1.807) is 23.2 Å². The highest BCUT2D eigenvalue weighted by molar-refractivity contribution is 5.94. The summed E-state index contributed by atoms with van der Waals surface area (Å²) in [4.78, 5) is 18.3. The van der Waals surface area contributed by atoms with Crippen molar-refractivity contribution < 1.29 is 4.79 Å². The number of carbonyl (C=O) groups excluding carboxylic acids is 1. The van der Waals surface area contributed by atoms with Gasteiger partial charge in [-0.3, -0.25) is 4.79 Å². The lowest BCUT2D eigenvalue weighted by Crippen LogP contribution is -2.41. The van der Waals surface area contributed by atoms with Crippen LogP contribution in [0.1, 0.15) is 35.3 Å². The maximum absolute atomic E-state index is 12.3. The van der Waals surface area contributed by atoms with Crippen LogP contribution < -0.4 is 5.73 Å². The van der Waals surface area contributed by atoms with Gasteiger partial charge in [-0.1, -0.05) is 11.8 Å². The summed E-state index contributed by atoms with van der Waals surface area (Å²) in [5, 5.41) is 0. The molecule has 18 heavy (non-hydrogen) atoms. The van der Waals surface area contributed by atoms with Crippen LogP contribution in [-0.4, -0.2) is 35.4 Å². The number of carbonyl (C=O) groups is 1. The van der Waals surface area contributed by atoms with Crippen molar-refractivity contribution in [2.45, 2.75) is 25.3 Å². The van der Waals surface area contributed by atoms with Gasteiger partial charge in [0.15, 0.2) is 0 Å². The molecule has 0 aromatic carbocycles. The summed E-state index contributed by atoms with van der Waals surface area (Å²) in [6.45, 7) is 0.279. The molecule has 0 aliphatic heterocycles. The fraction of sp³-hybridized carbons (Fsp3) is 0.429. The van der Waals surface area contributed by atoms with Crippen LogP contribution in [0.25, 0.3) is 0 Å². The molecule has 2 N–H and O–H groups in total. The van der Waals surface area contributed by atoms with Crippen molar-refractivity contribution >= 4 is 5.91 Å². The molecule has 1 amide bonds. The molecule has 2 rings (SSSR count). The van der Waals surface area contributed by atoms with Gasteiger partial charge in [0.1, 0.15) is 5.69 Å². The van der Waals surface area contributed by atoms with E-state index in [9.17, 15) is 4.79 Å². The normalized spacial score (nSPS) is 14.3. The molecule has 1 aliphatic rings. The molecule has 0 atom stereocenters. The first kappa shape index (κ1) is 12.6. The van der Waals surface area contributed by atoms with Crippen molar-refractivity contribution in [2.24, 2.45) is 5.73 Å². The molecule has 4 heteroatoms.